The molecule has 0 aliphatic carbocycles. The third kappa shape index (κ3) is 7.27. The summed E-state index contributed by atoms with van der Waals surface area (Å²) in [7, 11) is 3.79. The fraction of sp³-hybridized carbons (Fsp3) is 0.207. The molecular formula is C29H32N4O2S2. The van der Waals surface area contributed by atoms with Crippen LogP contribution in [0, 0.1) is 0 Å². The number of Topliss-reactive ketones (excluding diaryl/α,β-unsaturated/α-hetero) is 1. The predicted octanol–water partition coefficient (Wildman–Crippen LogP) is 6.99. The molecule has 0 spiro atoms. The maximum atomic E-state index is 12.3. The summed E-state index contributed by atoms with van der Waals surface area (Å²) in [6, 6.07) is 23.0. The van der Waals surface area contributed by atoms with Crippen molar-refractivity contribution in [1.29, 1.82) is 0 Å². The van der Waals surface area contributed by atoms with Gasteiger partial charge in [-0.15, -0.1) is 12.6 Å². The van der Waals surface area contributed by atoms with E-state index < -0.39 is 0 Å². The van der Waals surface area contributed by atoms with Crippen molar-refractivity contribution in [1.82, 2.24) is 4.90 Å². The van der Waals surface area contributed by atoms with E-state index in [0.717, 1.165) is 38.8 Å². The van der Waals surface area contributed by atoms with E-state index in [1.54, 1.807) is 24.1 Å². The highest BCUT2D eigenvalue weighted by Crippen LogP contribution is 2.33. The lowest BCUT2D eigenvalue weighted by Crippen LogP contribution is -2.27. The quantitative estimate of drug-likeness (QED) is 0.102. The molecule has 0 aliphatic heterocycles. The summed E-state index contributed by atoms with van der Waals surface area (Å²) in [6.07, 6.45) is 0.794. The van der Waals surface area contributed by atoms with Gasteiger partial charge in [-0.3, -0.25) is 14.5 Å². The van der Waals surface area contributed by atoms with Crippen molar-refractivity contribution >= 4 is 58.8 Å². The Bertz CT molecular complexity index is 1320. The highest BCUT2D eigenvalue weighted by atomic mass is 32.2. The van der Waals surface area contributed by atoms with Crippen molar-refractivity contribution in [2.45, 2.75) is 32.2 Å². The fourth-order valence-electron chi connectivity index (χ4n) is 3.61. The summed E-state index contributed by atoms with van der Waals surface area (Å²) in [6.45, 7) is 5.91. The Labute approximate surface area is 228 Å². The van der Waals surface area contributed by atoms with E-state index in [0.29, 0.717) is 23.0 Å². The lowest BCUT2D eigenvalue weighted by molar-refractivity contribution is -0.115. The van der Waals surface area contributed by atoms with Gasteiger partial charge in [0.25, 0.3) is 0 Å². The van der Waals surface area contributed by atoms with Crippen molar-refractivity contribution in [3.05, 3.63) is 94.5 Å². The number of amides is 1. The number of aliphatic imine (C=N–C) groups is 1. The second-order valence-corrected chi connectivity index (χ2v) is 10.1. The standard InChI is InChI=1S/C29H32N4O2S2/c1-20(32(5)27-13-9-10-14-28(27)36)22(3)37-29(33(19-34)18-23-11-7-6-8-12-23)31-26-17-24(21(2)35)15-16-25(26)30-4/h6-17,19,30,36H,18H2,1-5H3/b22-20+,31-29?. The molecule has 0 bridgehead atoms. The van der Waals surface area contributed by atoms with Gasteiger partial charge < -0.3 is 10.2 Å². The molecule has 1 amide bonds. The van der Waals surface area contributed by atoms with E-state index in [4.69, 9.17) is 4.99 Å². The maximum Gasteiger partial charge on any atom is 0.216 e. The predicted molar refractivity (Wildman–Crippen MR) is 159 cm³/mol. The van der Waals surface area contributed by atoms with Gasteiger partial charge in [0.15, 0.2) is 11.0 Å². The first-order valence-corrected chi connectivity index (χ1v) is 13.1. The number of thioether (sulfide) groups is 1. The number of carbonyl (C=O) groups excluding carboxylic acids is 2. The van der Waals surface area contributed by atoms with Gasteiger partial charge in [0.05, 0.1) is 23.6 Å². The minimum Gasteiger partial charge on any atom is -0.386 e. The molecule has 3 rings (SSSR count). The number of hydrogen-bond acceptors (Lipinski definition) is 7. The van der Waals surface area contributed by atoms with Gasteiger partial charge in [0.2, 0.25) is 6.41 Å². The Morgan fingerprint density at radius 2 is 1.70 bits per heavy atom. The third-order valence-electron chi connectivity index (χ3n) is 5.96. The van der Waals surface area contributed by atoms with Crippen molar-refractivity contribution < 1.29 is 9.59 Å². The number of hydrogen-bond donors (Lipinski definition) is 2. The van der Waals surface area contributed by atoms with Gasteiger partial charge in [0, 0.05) is 35.2 Å². The molecule has 192 valence electrons. The van der Waals surface area contributed by atoms with Crippen molar-refractivity contribution in [3.63, 3.8) is 0 Å². The van der Waals surface area contributed by atoms with Gasteiger partial charge in [-0.2, -0.15) is 0 Å². The zero-order valence-corrected chi connectivity index (χ0v) is 23.4. The Kier molecular flexibility index (Phi) is 10.00. The summed E-state index contributed by atoms with van der Waals surface area (Å²) in [4.78, 5) is 34.8. The first kappa shape index (κ1) is 28.1. The lowest BCUT2D eigenvalue weighted by Gasteiger charge is -2.25. The smallest absolute Gasteiger partial charge is 0.216 e. The highest BCUT2D eigenvalue weighted by Gasteiger charge is 2.18. The van der Waals surface area contributed by atoms with Crippen LogP contribution in [-0.4, -0.2) is 36.4 Å². The van der Waals surface area contributed by atoms with E-state index in [-0.39, 0.29) is 5.78 Å². The molecule has 0 fully saturated rings. The first-order valence-electron chi connectivity index (χ1n) is 11.8. The summed E-state index contributed by atoms with van der Waals surface area (Å²) < 4.78 is 0. The summed E-state index contributed by atoms with van der Waals surface area (Å²) >= 11 is 6.01. The molecule has 1 N–H and O–H groups in total. The van der Waals surface area contributed by atoms with Gasteiger partial charge >= 0.3 is 0 Å². The molecule has 37 heavy (non-hydrogen) atoms. The molecule has 8 heteroatoms. The first-order chi connectivity index (χ1) is 17.7. The monoisotopic (exact) mass is 532 g/mol. The minimum atomic E-state index is -0.0520. The number of benzene rings is 3. The number of para-hydroxylation sites is 1. The third-order valence-corrected chi connectivity index (χ3v) is 7.45. The van der Waals surface area contributed by atoms with Crippen LogP contribution >= 0.6 is 24.4 Å². The number of thiol groups is 1. The average molecular weight is 533 g/mol. The van der Waals surface area contributed by atoms with Crippen molar-refractivity contribution in [3.8, 4) is 0 Å². The molecule has 0 atom stereocenters. The summed E-state index contributed by atoms with van der Waals surface area (Å²) in [5, 5.41) is 3.63. The molecule has 0 aliphatic rings. The van der Waals surface area contributed by atoms with Crippen LogP contribution in [-0.2, 0) is 11.3 Å². The van der Waals surface area contributed by atoms with Crippen LogP contribution in [0.15, 0.2) is 93.3 Å². The Morgan fingerprint density at radius 1 is 1.03 bits per heavy atom. The molecule has 0 unspecified atom stereocenters. The van der Waals surface area contributed by atoms with E-state index in [9.17, 15) is 9.59 Å². The molecular weight excluding hydrogens is 500 g/mol. The van der Waals surface area contributed by atoms with Crippen LogP contribution in [0.4, 0.5) is 17.1 Å². The highest BCUT2D eigenvalue weighted by molar-refractivity contribution is 8.17. The molecule has 0 radical (unpaired) electrons. The lowest BCUT2D eigenvalue weighted by atomic mass is 10.1. The van der Waals surface area contributed by atoms with Crippen molar-refractivity contribution in [2.24, 2.45) is 4.99 Å². The van der Waals surface area contributed by atoms with Crippen LogP contribution in [0.3, 0.4) is 0 Å². The number of nitrogens with one attached hydrogen (secondary N) is 1. The number of rotatable bonds is 9. The van der Waals surface area contributed by atoms with Crippen LogP contribution in [0.2, 0.25) is 0 Å². The van der Waals surface area contributed by atoms with Gasteiger partial charge in [-0.25, -0.2) is 4.99 Å². The van der Waals surface area contributed by atoms with Crippen molar-refractivity contribution in [2.75, 3.05) is 24.3 Å². The van der Waals surface area contributed by atoms with E-state index in [2.05, 4.69) is 22.8 Å². The number of nitrogens with zero attached hydrogens (tertiary/aromatic N) is 3. The van der Waals surface area contributed by atoms with Gasteiger partial charge in [-0.05, 0) is 56.7 Å². The SMILES string of the molecule is CNc1ccc(C(C)=O)cc1N=C(S/C(C)=C(\C)N(C)c1ccccc1S)N(C=O)Cc1ccccc1. The summed E-state index contributed by atoms with van der Waals surface area (Å²) in [5.41, 5.74) is 4.84. The van der Waals surface area contributed by atoms with E-state index >= 15 is 0 Å². The number of ketones is 1. The zero-order chi connectivity index (χ0) is 26.9. The van der Waals surface area contributed by atoms with Crippen LogP contribution < -0.4 is 10.2 Å². The van der Waals surface area contributed by atoms with Gasteiger partial charge in [-0.1, -0.05) is 54.2 Å². The molecule has 0 aromatic heterocycles. The normalized spacial score (nSPS) is 12.0. The molecule has 3 aromatic rings. The second-order valence-electron chi connectivity index (χ2n) is 8.44. The fourth-order valence-corrected chi connectivity index (χ4v) is 4.85. The number of anilines is 2. The molecule has 0 saturated carbocycles. The second kappa shape index (κ2) is 13.2. The zero-order valence-electron chi connectivity index (χ0n) is 21.7. The van der Waals surface area contributed by atoms with Crippen LogP contribution in [0.1, 0.15) is 36.7 Å². The molecule has 3 aromatic carbocycles. The number of carbonyl (C=O) groups is 2. The molecule has 0 saturated heterocycles. The Balaban J connectivity index is 2.08. The Morgan fingerprint density at radius 3 is 2.32 bits per heavy atom. The number of amidine groups is 1. The minimum absolute atomic E-state index is 0.0520. The van der Waals surface area contributed by atoms with Gasteiger partial charge in [0.1, 0.15) is 0 Å². The maximum absolute atomic E-state index is 12.3. The van der Waals surface area contributed by atoms with E-state index in [1.807, 2.05) is 81.6 Å². The average Bonchev–Trinajstić information content (AvgIpc) is 2.91. The number of allylic oxidation sites excluding steroid dienone is 2. The summed E-state index contributed by atoms with van der Waals surface area (Å²) in [5.74, 6) is -0.0520. The van der Waals surface area contributed by atoms with E-state index in [1.165, 1.54) is 18.7 Å². The molecule has 0 heterocycles. The van der Waals surface area contributed by atoms with Crippen LogP contribution in [0.5, 0.6) is 0 Å². The topological polar surface area (TPSA) is 65.0 Å². The largest absolute Gasteiger partial charge is 0.386 e. The molecule has 6 nitrogen and oxygen atoms in total. The Hall–Kier alpha value is -3.49. The van der Waals surface area contributed by atoms with Crippen LogP contribution in [0.25, 0.3) is 0 Å².